The summed E-state index contributed by atoms with van der Waals surface area (Å²) in [6.45, 7) is 0.988. The second-order valence-corrected chi connectivity index (χ2v) is 7.73. The van der Waals surface area contributed by atoms with Gasteiger partial charge in [-0.3, -0.25) is 0 Å². The lowest BCUT2D eigenvalue weighted by Gasteiger charge is -2.33. The number of fused-ring (bicyclic) bond motifs is 1. The molecule has 1 heterocycles. The number of nitrogens with zero attached hydrogens (tertiary/aromatic N) is 1. The van der Waals surface area contributed by atoms with Crippen molar-refractivity contribution >= 4 is 10.2 Å². The predicted octanol–water partition coefficient (Wildman–Crippen LogP) is 1.15. The van der Waals surface area contributed by atoms with Gasteiger partial charge < -0.3 is 5.73 Å². The molecule has 5 nitrogen and oxygen atoms in total. The highest BCUT2D eigenvalue weighted by molar-refractivity contribution is 7.87. The Labute approximate surface area is 126 Å². The Morgan fingerprint density at radius 1 is 1.14 bits per heavy atom. The first kappa shape index (κ1) is 15.0. The molecule has 0 amide bonds. The zero-order valence-corrected chi connectivity index (χ0v) is 13.0. The molecular weight excluding hydrogens is 286 g/mol. The number of nitrogens with one attached hydrogen (secondary N) is 1. The van der Waals surface area contributed by atoms with E-state index in [1.807, 2.05) is 18.2 Å². The van der Waals surface area contributed by atoms with Crippen LogP contribution >= 0.6 is 0 Å². The molecule has 3 N–H and O–H groups in total. The average molecular weight is 309 g/mol. The minimum atomic E-state index is -3.46. The van der Waals surface area contributed by atoms with E-state index >= 15 is 0 Å². The van der Waals surface area contributed by atoms with Crippen molar-refractivity contribution in [1.29, 1.82) is 0 Å². The molecule has 1 aromatic rings. The molecule has 21 heavy (non-hydrogen) atoms. The molecule has 2 atom stereocenters. The van der Waals surface area contributed by atoms with Crippen molar-refractivity contribution in [1.82, 2.24) is 9.03 Å². The van der Waals surface area contributed by atoms with Crippen molar-refractivity contribution < 1.29 is 8.42 Å². The van der Waals surface area contributed by atoms with Crippen molar-refractivity contribution in [2.24, 2.45) is 5.73 Å². The molecule has 1 aromatic carbocycles. The molecule has 6 heteroatoms. The van der Waals surface area contributed by atoms with Crippen molar-refractivity contribution in [2.45, 2.75) is 50.7 Å². The molecular formula is C15H23N3O2S. The fourth-order valence-corrected chi connectivity index (χ4v) is 4.71. The van der Waals surface area contributed by atoms with E-state index in [2.05, 4.69) is 10.8 Å². The van der Waals surface area contributed by atoms with Gasteiger partial charge in [0.1, 0.15) is 0 Å². The van der Waals surface area contributed by atoms with Gasteiger partial charge in [0.25, 0.3) is 10.2 Å². The molecule has 2 aliphatic rings. The molecule has 116 valence electrons. The van der Waals surface area contributed by atoms with Crippen molar-refractivity contribution in [2.75, 3.05) is 6.54 Å². The third-order valence-corrected chi connectivity index (χ3v) is 6.15. The summed E-state index contributed by atoms with van der Waals surface area (Å²) < 4.78 is 29.5. The van der Waals surface area contributed by atoms with Crippen LogP contribution in [0.15, 0.2) is 24.3 Å². The molecule has 0 aromatic heterocycles. The highest BCUT2D eigenvalue weighted by Gasteiger charge is 2.31. The van der Waals surface area contributed by atoms with Crippen LogP contribution in [0.2, 0.25) is 0 Å². The van der Waals surface area contributed by atoms with Crippen LogP contribution in [-0.4, -0.2) is 31.4 Å². The fourth-order valence-electron chi connectivity index (χ4n) is 3.25. The van der Waals surface area contributed by atoms with Gasteiger partial charge in [-0.1, -0.05) is 37.1 Å². The largest absolute Gasteiger partial charge is 0.326 e. The summed E-state index contributed by atoms with van der Waals surface area (Å²) in [4.78, 5) is 0. The number of hydrogen-bond donors (Lipinski definition) is 2. The summed E-state index contributed by atoms with van der Waals surface area (Å²) in [7, 11) is -3.46. The first-order chi connectivity index (χ1) is 10.1. The van der Waals surface area contributed by atoms with E-state index in [1.165, 1.54) is 9.87 Å². The van der Waals surface area contributed by atoms with E-state index in [4.69, 9.17) is 5.73 Å². The lowest BCUT2D eigenvalue weighted by Crippen LogP contribution is -2.53. The molecule has 2 unspecified atom stereocenters. The topological polar surface area (TPSA) is 75.4 Å². The van der Waals surface area contributed by atoms with Crippen LogP contribution in [-0.2, 0) is 23.2 Å². The molecule has 1 fully saturated rings. The molecule has 0 spiro atoms. The van der Waals surface area contributed by atoms with Gasteiger partial charge in [-0.15, -0.1) is 0 Å². The Balaban J connectivity index is 1.71. The smallest absolute Gasteiger partial charge is 0.280 e. The van der Waals surface area contributed by atoms with Gasteiger partial charge in [-0.2, -0.15) is 17.4 Å². The van der Waals surface area contributed by atoms with E-state index in [0.29, 0.717) is 13.1 Å². The molecule has 0 bridgehead atoms. The Bertz CT molecular complexity index is 603. The van der Waals surface area contributed by atoms with Gasteiger partial charge in [0, 0.05) is 25.2 Å². The summed E-state index contributed by atoms with van der Waals surface area (Å²) >= 11 is 0. The zero-order chi connectivity index (χ0) is 14.9. The van der Waals surface area contributed by atoms with E-state index in [-0.39, 0.29) is 12.1 Å². The zero-order valence-electron chi connectivity index (χ0n) is 12.2. The first-order valence-electron chi connectivity index (χ1n) is 7.66. The molecule has 0 radical (unpaired) electrons. The van der Waals surface area contributed by atoms with E-state index in [1.54, 1.807) is 0 Å². The van der Waals surface area contributed by atoms with Gasteiger partial charge in [0.05, 0.1) is 0 Å². The van der Waals surface area contributed by atoms with E-state index in [0.717, 1.165) is 37.7 Å². The Hall–Kier alpha value is -0.950. The number of nitrogens with two attached hydrogens (primary N) is 1. The summed E-state index contributed by atoms with van der Waals surface area (Å²) in [5.74, 6) is 0. The molecule has 1 aliphatic heterocycles. The van der Waals surface area contributed by atoms with Crippen molar-refractivity contribution in [3.05, 3.63) is 35.4 Å². The molecule has 1 saturated carbocycles. The Morgan fingerprint density at radius 2 is 1.86 bits per heavy atom. The van der Waals surface area contributed by atoms with Gasteiger partial charge in [-0.25, -0.2) is 0 Å². The molecule has 1 aliphatic carbocycles. The average Bonchev–Trinajstić information content (AvgIpc) is 2.49. The van der Waals surface area contributed by atoms with E-state index in [9.17, 15) is 8.42 Å². The lowest BCUT2D eigenvalue weighted by atomic mass is 9.92. The summed E-state index contributed by atoms with van der Waals surface area (Å²) in [5, 5.41) is 0. The first-order valence-corrected chi connectivity index (χ1v) is 9.10. The van der Waals surface area contributed by atoms with Crippen molar-refractivity contribution in [3.63, 3.8) is 0 Å². The quantitative estimate of drug-likeness (QED) is 0.879. The third kappa shape index (κ3) is 3.29. The van der Waals surface area contributed by atoms with Crippen molar-refractivity contribution in [3.8, 4) is 0 Å². The summed E-state index contributed by atoms with van der Waals surface area (Å²) in [5.41, 5.74) is 8.39. The third-order valence-electron chi connectivity index (χ3n) is 4.56. The van der Waals surface area contributed by atoms with Crippen LogP contribution in [0, 0.1) is 0 Å². The maximum absolute atomic E-state index is 12.6. The maximum atomic E-state index is 12.6. The number of hydrogen-bond acceptors (Lipinski definition) is 3. The highest BCUT2D eigenvalue weighted by atomic mass is 32.2. The Kier molecular flexibility index (Phi) is 4.31. The summed E-state index contributed by atoms with van der Waals surface area (Å²) in [6.07, 6.45) is 4.65. The molecule has 0 saturated heterocycles. The minimum Gasteiger partial charge on any atom is -0.326 e. The Morgan fingerprint density at radius 3 is 2.62 bits per heavy atom. The van der Waals surface area contributed by atoms with Crippen LogP contribution in [0.25, 0.3) is 0 Å². The minimum absolute atomic E-state index is 0.0643. The van der Waals surface area contributed by atoms with E-state index < -0.39 is 10.2 Å². The van der Waals surface area contributed by atoms with Gasteiger partial charge in [0.15, 0.2) is 0 Å². The SMILES string of the molecule is NC1CCCCC1NS(=O)(=O)N1CCc2ccccc2C1. The fraction of sp³-hybridized carbons (Fsp3) is 0.600. The maximum Gasteiger partial charge on any atom is 0.280 e. The molecule has 3 rings (SSSR count). The number of rotatable bonds is 3. The predicted molar refractivity (Wildman–Crippen MR) is 82.8 cm³/mol. The van der Waals surface area contributed by atoms with Crippen LogP contribution < -0.4 is 10.5 Å². The standard InChI is InChI=1S/C15H23N3O2S/c16-14-7-3-4-8-15(14)17-21(19,20)18-10-9-12-5-1-2-6-13(12)11-18/h1-2,5-6,14-15,17H,3-4,7-11,16H2. The summed E-state index contributed by atoms with van der Waals surface area (Å²) in [6, 6.07) is 7.85. The lowest BCUT2D eigenvalue weighted by molar-refractivity contribution is 0.336. The highest BCUT2D eigenvalue weighted by Crippen LogP contribution is 2.22. The second-order valence-electron chi connectivity index (χ2n) is 6.03. The number of benzene rings is 1. The van der Waals surface area contributed by atoms with Gasteiger partial charge in [0.2, 0.25) is 0 Å². The van der Waals surface area contributed by atoms with Gasteiger partial charge >= 0.3 is 0 Å². The monoisotopic (exact) mass is 309 g/mol. The normalized spacial score (nSPS) is 27.3. The van der Waals surface area contributed by atoms with Crippen LogP contribution in [0.1, 0.15) is 36.8 Å². The van der Waals surface area contributed by atoms with Crippen LogP contribution in [0.3, 0.4) is 0 Å². The van der Waals surface area contributed by atoms with Crippen LogP contribution in [0.4, 0.5) is 0 Å². The van der Waals surface area contributed by atoms with Crippen LogP contribution in [0.5, 0.6) is 0 Å². The second kappa shape index (κ2) is 6.04. The van der Waals surface area contributed by atoms with Gasteiger partial charge in [-0.05, 0) is 30.4 Å².